The molecule has 0 aliphatic heterocycles. The van der Waals surface area contributed by atoms with Gasteiger partial charge in [-0.25, -0.2) is 0 Å². The van der Waals surface area contributed by atoms with E-state index >= 15 is 0 Å². The van der Waals surface area contributed by atoms with E-state index in [2.05, 4.69) is 310 Å². The van der Waals surface area contributed by atoms with Crippen molar-refractivity contribution in [3.8, 4) is 0 Å². The summed E-state index contributed by atoms with van der Waals surface area (Å²) in [5.74, 6) is 0. The number of nitrogens with zero attached hydrogens (tertiary/aromatic N) is 1. The second kappa shape index (κ2) is 23.3. The van der Waals surface area contributed by atoms with Crippen LogP contribution >= 0.6 is 0 Å². The lowest BCUT2D eigenvalue weighted by Gasteiger charge is -2.43. The fourth-order valence-corrected chi connectivity index (χ4v) is 12.3. The van der Waals surface area contributed by atoms with Crippen LogP contribution in [0.2, 0.25) is 0 Å². The Morgan fingerprint density at radius 1 is 0.303 bits per heavy atom. The van der Waals surface area contributed by atoms with Crippen LogP contribution in [0.4, 0.5) is 0 Å². The summed E-state index contributed by atoms with van der Waals surface area (Å²) in [6.07, 6.45) is 1.27. The van der Waals surface area contributed by atoms with Crippen molar-refractivity contribution in [2.24, 2.45) is 0 Å². The summed E-state index contributed by atoms with van der Waals surface area (Å²) in [4.78, 5) is 2.60. The van der Waals surface area contributed by atoms with Gasteiger partial charge in [-0.05, 0) is 79.6 Å². The Balaban J connectivity index is 1.06. The largest absolute Gasteiger partial charge is 0.395 e. The quantitative estimate of drug-likeness (QED) is 0.0705. The van der Waals surface area contributed by atoms with Crippen LogP contribution in [0.5, 0.6) is 0 Å². The zero-order valence-corrected chi connectivity index (χ0v) is 43.9. The van der Waals surface area contributed by atoms with Crippen LogP contribution in [-0.4, -0.2) is 28.3 Å². The fourth-order valence-electron chi connectivity index (χ4n) is 12.3. The second-order valence-electron chi connectivity index (χ2n) is 21.3. The molecule has 10 rings (SSSR count). The molecule has 0 saturated carbocycles. The Labute approximate surface area is 451 Å². The lowest BCUT2D eigenvalue weighted by atomic mass is 9.60. The highest BCUT2D eigenvalue weighted by molar-refractivity contribution is 5.54. The van der Waals surface area contributed by atoms with E-state index < -0.39 is 21.7 Å². The van der Waals surface area contributed by atoms with Gasteiger partial charge in [0, 0.05) is 34.7 Å². The van der Waals surface area contributed by atoms with Crippen LogP contribution < -0.4 is 0 Å². The molecule has 0 aliphatic carbocycles. The molecule has 0 aromatic heterocycles. The normalized spacial score (nSPS) is 13.5. The van der Waals surface area contributed by atoms with Crippen LogP contribution in [0.3, 0.4) is 0 Å². The molecule has 0 aliphatic rings. The highest BCUT2D eigenvalue weighted by atomic mass is 16.3. The smallest absolute Gasteiger partial charge is 0.0607 e. The molecule has 0 saturated heterocycles. The molecular formula is C73H69NO2. The molecule has 0 amide bonds. The standard InChI is InChI=1S/C73H69NO2/c1-70(55-75,53-72(61-35-15-5-16-36-61,62-37-17-6-18-38-62)63-39-19-7-20-40-63)67-47-27-29-57(49-67)51-74(69(59-31-11-3-12-32-59)60-33-13-4-14-34-60)52-58-30-28-48-68(50-58)71(2,56-76)54-73(64-41-21-8-22-42-64,65-43-23-9-24-44-65)66-45-25-10-26-46-66/h3-50,69,75-76H,51-56H2,1-2H3. The summed E-state index contributed by atoms with van der Waals surface area (Å²) in [7, 11) is 0. The van der Waals surface area contributed by atoms with Crippen LogP contribution in [0.25, 0.3) is 0 Å². The maximum absolute atomic E-state index is 11.8. The Kier molecular flexibility index (Phi) is 15.8. The first-order valence-electron chi connectivity index (χ1n) is 26.9. The third kappa shape index (κ3) is 10.7. The average Bonchev–Trinajstić information content (AvgIpc) is 3.50. The van der Waals surface area contributed by atoms with Gasteiger partial charge in [-0.2, -0.15) is 0 Å². The predicted molar refractivity (Wildman–Crippen MR) is 313 cm³/mol. The molecule has 3 nitrogen and oxygen atoms in total. The van der Waals surface area contributed by atoms with Crippen LogP contribution in [-0.2, 0) is 34.7 Å². The first-order valence-corrected chi connectivity index (χ1v) is 26.9. The minimum absolute atomic E-state index is 0.0401. The van der Waals surface area contributed by atoms with Crippen LogP contribution in [0, 0.1) is 0 Å². The molecule has 0 heterocycles. The van der Waals surface area contributed by atoms with Crippen molar-refractivity contribution in [1.29, 1.82) is 0 Å². The van der Waals surface area contributed by atoms with Crippen molar-refractivity contribution < 1.29 is 10.2 Å². The van der Waals surface area contributed by atoms with Crippen molar-refractivity contribution in [1.82, 2.24) is 4.90 Å². The molecule has 0 bridgehead atoms. The van der Waals surface area contributed by atoms with E-state index in [0.29, 0.717) is 25.9 Å². The molecule has 0 spiro atoms. The Bertz CT molecular complexity index is 2930. The third-order valence-electron chi connectivity index (χ3n) is 16.2. The molecule has 0 radical (unpaired) electrons. The molecule has 2 unspecified atom stereocenters. The minimum Gasteiger partial charge on any atom is -0.395 e. The zero-order chi connectivity index (χ0) is 52.3. The molecule has 2 atom stereocenters. The number of aliphatic hydroxyl groups is 2. The highest BCUT2D eigenvalue weighted by Gasteiger charge is 2.45. The monoisotopic (exact) mass is 992 g/mol. The number of hydrogen-bond acceptors (Lipinski definition) is 3. The van der Waals surface area contributed by atoms with Crippen molar-refractivity contribution in [2.75, 3.05) is 13.2 Å². The molecule has 76 heavy (non-hydrogen) atoms. The van der Waals surface area contributed by atoms with Gasteiger partial charge in [-0.3, -0.25) is 4.90 Å². The van der Waals surface area contributed by atoms with E-state index in [1.165, 1.54) is 44.5 Å². The summed E-state index contributed by atoms with van der Waals surface area (Å²) in [5, 5.41) is 23.7. The summed E-state index contributed by atoms with van der Waals surface area (Å²) in [5.41, 5.74) is 11.6. The lowest BCUT2D eigenvalue weighted by molar-refractivity contribution is 0.180. The zero-order valence-electron chi connectivity index (χ0n) is 43.9. The highest BCUT2D eigenvalue weighted by Crippen LogP contribution is 2.50. The van der Waals surface area contributed by atoms with Crippen molar-refractivity contribution in [3.05, 3.63) is 358 Å². The summed E-state index contributed by atoms with van der Waals surface area (Å²) in [6.45, 7) is 5.65. The molecule has 3 heteroatoms. The van der Waals surface area contributed by atoms with Gasteiger partial charge in [-0.15, -0.1) is 0 Å². The average molecular weight is 992 g/mol. The van der Waals surface area contributed by atoms with E-state index in [1.54, 1.807) is 0 Å². The number of benzene rings is 10. The molecule has 2 N–H and O–H groups in total. The van der Waals surface area contributed by atoms with Gasteiger partial charge < -0.3 is 10.2 Å². The number of aliphatic hydroxyl groups excluding tert-OH is 2. The van der Waals surface area contributed by atoms with Crippen molar-refractivity contribution >= 4 is 0 Å². The summed E-state index contributed by atoms with van der Waals surface area (Å²) >= 11 is 0. The first kappa shape index (κ1) is 51.6. The van der Waals surface area contributed by atoms with Gasteiger partial charge in [0.05, 0.1) is 19.3 Å². The summed E-state index contributed by atoms with van der Waals surface area (Å²) in [6, 6.07) is 105. The Hall–Kier alpha value is -7.92. The third-order valence-corrected chi connectivity index (χ3v) is 16.2. The summed E-state index contributed by atoms with van der Waals surface area (Å²) < 4.78 is 0. The maximum atomic E-state index is 11.8. The van der Waals surface area contributed by atoms with Gasteiger partial charge in [0.15, 0.2) is 0 Å². The SMILES string of the molecule is CC(CO)(CC(c1ccccc1)(c1ccccc1)c1ccccc1)c1cccc(CN(Cc2cccc(C(C)(CO)CC(c3ccccc3)(c3ccccc3)c3ccccc3)c2)C(c2ccccc2)c2ccccc2)c1. The second-order valence-corrected chi connectivity index (χ2v) is 21.3. The van der Waals surface area contributed by atoms with Gasteiger partial charge in [0.2, 0.25) is 0 Å². The number of rotatable bonds is 21. The van der Waals surface area contributed by atoms with Crippen molar-refractivity contribution in [3.63, 3.8) is 0 Å². The van der Waals surface area contributed by atoms with E-state index in [9.17, 15) is 10.2 Å². The topological polar surface area (TPSA) is 43.7 Å². The van der Waals surface area contributed by atoms with E-state index in [1.807, 2.05) is 0 Å². The van der Waals surface area contributed by atoms with Crippen LogP contribution in [0.1, 0.15) is 99.5 Å². The number of hydrogen-bond donors (Lipinski definition) is 2. The lowest BCUT2D eigenvalue weighted by Crippen LogP contribution is -2.40. The maximum Gasteiger partial charge on any atom is 0.0607 e. The fraction of sp³-hybridized carbons (Fsp3) is 0.178. The predicted octanol–water partition coefficient (Wildman–Crippen LogP) is 15.8. The van der Waals surface area contributed by atoms with Gasteiger partial charge in [0.25, 0.3) is 0 Å². The van der Waals surface area contributed by atoms with Crippen LogP contribution in [0.15, 0.2) is 291 Å². The molecule has 378 valence electrons. The first-order chi connectivity index (χ1) is 37.3. The molecule has 10 aromatic rings. The molecule has 10 aromatic carbocycles. The van der Waals surface area contributed by atoms with Gasteiger partial charge >= 0.3 is 0 Å². The van der Waals surface area contributed by atoms with Gasteiger partial charge in [-0.1, -0.05) is 305 Å². The Morgan fingerprint density at radius 3 is 0.789 bits per heavy atom. The van der Waals surface area contributed by atoms with E-state index in [-0.39, 0.29) is 19.3 Å². The van der Waals surface area contributed by atoms with E-state index in [0.717, 1.165) is 22.3 Å². The van der Waals surface area contributed by atoms with E-state index in [4.69, 9.17) is 0 Å². The van der Waals surface area contributed by atoms with Crippen molar-refractivity contribution in [2.45, 2.75) is 67.5 Å². The molecule has 0 fully saturated rings. The Morgan fingerprint density at radius 2 is 0.539 bits per heavy atom. The van der Waals surface area contributed by atoms with Gasteiger partial charge in [0.1, 0.15) is 0 Å². The minimum atomic E-state index is -0.655. The molecular weight excluding hydrogens is 923 g/mol.